The molecule has 1 aromatic heterocycles. The van der Waals surface area contributed by atoms with Crippen molar-refractivity contribution in [2.45, 2.75) is 38.5 Å². The van der Waals surface area contributed by atoms with Gasteiger partial charge in [-0.1, -0.05) is 0 Å². The molecule has 0 unspecified atom stereocenters. The Morgan fingerprint density at radius 3 is 1.69 bits per heavy atom. The molecule has 2 fully saturated rings. The van der Waals surface area contributed by atoms with E-state index in [-0.39, 0.29) is 0 Å². The summed E-state index contributed by atoms with van der Waals surface area (Å²) in [6.45, 7) is 4.14. The summed E-state index contributed by atoms with van der Waals surface area (Å²) in [6.07, 6.45) is 7.45. The van der Waals surface area contributed by atoms with Gasteiger partial charge < -0.3 is 15.1 Å². The second-order valence-electron chi connectivity index (χ2n) is 6.99. The van der Waals surface area contributed by atoms with Crippen LogP contribution in [-0.2, 0) is 0 Å². The number of nitrogens with one attached hydrogen (secondary N) is 1. The highest BCUT2D eigenvalue weighted by Gasteiger charge is 2.20. The van der Waals surface area contributed by atoms with Crippen LogP contribution in [0.4, 0.5) is 23.5 Å². The molecule has 138 valence electrons. The Kier molecular flexibility index (Phi) is 5.72. The quantitative estimate of drug-likeness (QED) is 0.685. The van der Waals surface area contributed by atoms with Crippen molar-refractivity contribution < 1.29 is 0 Å². The Labute approximate surface area is 168 Å². The molecule has 26 heavy (non-hydrogen) atoms. The van der Waals surface area contributed by atoms with Crippen molar-refractivity contribution in [2.75, 3.05) is 41.3 Å². The van der Waals surface area contributed by atoms with Crippen molar-refractivity contribution >= 4 is 46.1 Å². The van der Waals surface area contributed by atoms with Crippen molar-refractivity contribution in [1.82, 2.24) is 15.0 Å². The minimum absolute atomic E-state index is 0.641. The second-order valence-corrected chi connectivity index (χ2v) is 8.23. The Morgan fingerprint density at radius 2 is 1.19 bits per heavy atom. The summed E-state index contributed by atoms with van der Waals surface area (Å²) in [5.41, 5.74) is 1.01. The molecule has 0 bridgehead atoms. The smallest absolute Gasteiger partial charge is 0.233 e. The third-order valence-electron chi connectivity index (χ3n) is 4.99. The van der Waals surface area contributed by atoms with E-state index in [0.717, 1.165) is 43.8 Å². The van der Waals surface area contributed by atoms with Crippen LogP contribution in [0.3, 0.4) is 0 Å². The maximum absolute atomic E-state index is 4.82. The highest BCUT2D eigenvalue weighted by molar-refractivity contribution is 14.1. The molecule has 0 aliphatic carbocycles. The number of piperidine rings is 2. The van der Waals surface area contributed by atoms with E-state index in [2.05, 4.69) is 62.0 Å². The van der Waals surface area contributed by atoms with Crippen molar-refractivity contribution in [3.05, 3.63) is 27.8 Å². The summed E-state index contributed by atoms with van der Waals surface area (Å²) in [6, 6.07) is 8.29. The van der Waals surface area contributed by atoms with Gasteiger partial charge in [-0.2, -0.15) is 15.0 Å². The fraction of sp³-hybridized carbons (Fsp3) is 0.526. The van der Waals surface area contributed by atoms with E-state index in [9.17, 15) is 0 Å². The molecule has 6 nitrogen and oxygen atoms in total. The van der Waals surface area contributed by atoms with E-state index in [1.807, 2.05) is 0 Å². The van der Waals surface area contributed by atoms with Gasteiger partial charge in [-0.3, -0.25) is 0 Å². The zero-order valence-electron chi connectivity index (χ0n) is 15.0. The van der Waals surface area contributed by atoms with Crippen LogP contribution in [0.1, 0.15) is 38.5 Å². The molecule has 2 aliphatic heterocycles. The number of hydrogen-bond donors (Lipinski definition) is 1. The Morgan fingerprint density at radius 1 is 0.692 bits per heavy atom. The predicted octanol–water partition coefficient (Wildman–Crippen LogP) is 4.20. The van der Waals surface area contributed by atoms with Crippen molar-refractivity contribution in [1.29, 1.82) is 0 Å². The van der Waals surface area contributed by atoms with E-state index in [1.54, 1.807) is 0 Å². The largest absolute Gasteiger partial charge is 0.341 e. The third-order valence-corrected chi connectivity index (χ3v) is 5.71. The normalized spacial score (nSPS) is 18.0. The first-order chi connectivity index (χ1) is 12.8. The van der Waals surface area contributed by atoms with Crippen molar-refractivity contribution in [3.8, 4) is 0 Å². The maximum atomic E-state index is 4.82. The van der Waals surface area contributed by atoms with Gasteiger partial charge in [0.2, 0.25) is 17.8 Å². The summed E-state index contributed by atoms with van der Waals surface area (Å²) >= 11 is 2.31. The maximum Gasteiger partial charge on any atom is 0.233 e. The molecule has 1 N–H and O–H groups in total. The van der Waals surface area contributed by atoms with E-state index in [1.165, 1.54) is 42.1 Å². The first-order valence-electron chi connectivity index (χ1n) is 9.56. The van der Waals surface area contributed by atoms with Gasteiger partial charge in [0.1, 0.15) is 0 Å². The minimum atomic E-state index is 0.641. The molecule has 3 heterocycles. The molecule has 0 radical (unpaired) electrons. The summed E-state index contributed by atoms with van der Waals surface area (Å²) in [5.74, 6) is 2.27. The highest BCUT2D eigenvalue weighted by Crippen LogP contribution is 2.24. The first kappa shape index (κ1) is 17.8. The van der Waals surface area contributed by atoms with Gasteiger partial charge in [-0.05, 0) is 85.4 Å². The lowest BCUT2D eigenvalue weighted by atomic mass is 10.1. The van der Waals surface area contributed by atoms with Gasteiger partial charge in [0, 0.05) is 35.4 Å². The molecule has 2 saturated heterocycles. The molecule has 0 spiro atoms. The Hall–Kier alpha value is -1.64. The van der Waals surface area contributed by atoms with E-state index < -0.39 is 0 Å². The first-order valence-corrected chi connectivity index (χ1v) is 10.6. The zero-order valence-corrected chi connectivity index (χ0v) is 17.2. The summed E-state index contributed by atoms with van der Waals surface area (Å²) in [7, 11) is 0. The third kappa shape index (κ3) is 4.36. The number of hydrogen-bond acceptors (Lipinski definition) is 6. The van der Waals surface area contributed by atoms with E-state index >= 15 is 0 Å². The van der Waals surface area contributed by atoms with Gasteiger partial charge in [-0.15, -0.1) is 0 Å². The number of aromatic nitrogens is 3. The molecule has 1 aromatic carbocycles. The van der Waals surface area contributed by atoms with Gasteiger partial charge in [0.15, 0.2) is 0 Å². The van der Waals surface area contributed by atoms with Crippen LogP contribution >= 0.6 is 22.6 Å². The average Bonchev–Trinajstić information content (AvgIpc) is 2.71. The lowest BCUT2D eigenvalue weighted by Crippen LogP contribution is -2.34. The highest BCUT2D eigenvalue weighted by atomic mass is 127. The summed E-state index contributed by atoms with van der Waals surface area (Å²) in [4.78, 5) is 18.9. The average molecular weight is 464 g/mol. The lowest BCUT2D eigenvalue weighted by molar-refractivity contribution is 0.556. The molecule has 0 atom stereocenters. The van der Waals surface area contributed by atoms with Crippen molar-refractivity contribution in [3.63, 3.8) is 0 Å². The van der Waals surface area contributed by atoms with Gasteiger partial charge >= 0.3 is 0 Å². The molecule has 4 rings (SSSR count). The van der Waals surface area contributed by atoms with E-state index in [4.69, 9.17) is 15.0 Å². The molecular formula is C19H25IN6. The fourth-order valence-electron chi connectivity index (χ4n) is 3.54. The Bertz CT molecular complexity index is 687. The molecule has 2 aliphatic rings. The fourth-order valence-corrected chi connectivity index (χ4v) is 3.90. The summed E-state index contributed by atoms with van der Waals surface area (Å²) < 4.78 is 1.21. The number of benzene rings is 1. The molecule has 7 heteroatoms. The van der Waals surface area contributed by atoms with Gasteiger partial charge in [0.25, 0.3) is 0 Å². The molecule has 0 saturated carbocycles. The summed E-state index contributed by atoms with van der Waals surface area (Å²) in [5, 5.41) is 3.37. The standard InChI is InChI=1S/C19H25IN6/c20-15-7-9-16(10-8-15)21-17-22-18(25-11-3-1-4-12-25)24-19(23-17)26-13-5-2-6-14-26/h7-10H,1-6,11-14H2,(H,21,22,23,24). The van der Waals surface area contributed by atoms with E-state index in [0.29, 0.717) is 5.95 Å². The Balaban J connectivity index is 1.63. The van der Waals surface area contributed by atoms with Crippen LogP contribution in [0, 0.1) is 3.57 Å². The number of rotatable bonds is 4. The lowest BCUT2D eigenvalue weighted by Gasteiger charge is -2.30. The topological polar surface area (TPSA) is 57.2 Å². The van der Waals surface area contributed by atoms with Crippen LogP contribution in [0.2, 0.25) is 0 Å². The van der Waals surface area contributed by atoms with Crippen LogP contribution in [0.5, 0.6) is 0 Å². The van der Waals surface area contributed by atoms with Crippen LogP contribution in [0.25, 0.3) is 0 Å². The van der Waals surface area contributed by atoms with Crippen LogP contribution in [-0.4, -0.2) is 41.1 Å². The number of nitrogens with zero attached hydrogens (tertiary/aromatic N) is 5. The second kappa shape index (κ2) is 8.37. The predicted molar refractivity (Wildman–Crippen MR) is 114 cm³/mol. The van der Waals surface area contributed by atoms with Crippen LogP contribution < -0.4 is 15.1 Å². The molecule has 2 aromatic rings. The van der Waals surface area contributed by atoms with Gasteiger partial charge in [0.05, 0.1) is 0 Å². The minimum Gasteiger partial charge on any atom is -0.341 e. The van der Waals surface area contributed by atoms with Crippen LogP contribution in [0.15, 0.2) is 24.3 Å². The molecule has 0 amide bonds. The van der Waals surface area contributed by atoms with Crippen molar-refractivity contribution in [2.24, 2.45) is 0 Å². The zero-order chi connectivity index (χ0) is 17.8. The van der Waals surface area contributed by atoms with Gasteiger partial charge in [-0.25, -0.2) is 0 Å². The SMILES string of the molecule is Ic1ccc(Nc2nc(N3CCCCC3)nc(N3CCCCC3)n2)cc1. The number of anilines is 4. The monoisotopic (exact) mass is 464 g/mol. The number of halogens is 1. The molecular weight excluding hydrogens is 439 g/mol.